The molecular weight excluding hydrogens is 254 g/mol. The normalized spacial score (nSPS) is 20.0. The van der Waals surface area contributed by atoms with Crippen LogP contribution in [0.1, 0.15) is 24.0 Å². The number of hydrogen-bond donors (Lipinski definition) is 2. The minimum Gasteiger partial charge on any atom is -0.333 e. The summed E-state index contributed by atoms with van der Waals surface area (Å²) >= 11 is 1.86. The Kier molecular flexibility index (Phi) is 3.80. The first-order valence-electron chi connectivity index (χ1n) is 7.03. The molecule has 0 aliphatic carbocycles. The fourth-order valence-electron chi connectivity index (χ4n) is 2.58. The highest BCUT2D eigenvalue weighted by atomic mass is 32.2. The maximum absolute atomic E-state index is 4.69. The highest BCUT2D eigenvalue weighted by Crippen LogP contribution is 2.25. The van der Waals surface area contributed by atoms with E-state index in [2.05, 4.69) is 41.3 Å². The summed E-state index contributed by atoms with van der Waals surface area (Å²) in [6, 6.07) is 4.37. The van der Waals surface area contributed by atoms with Gasteiger partial charge in [0.25, 0.3) is 0 Å². The van der Waals surface area contributed by atoms with E-state index in [0.29, 0.717) is 0 Å². The van der Waals surface area contributed by atoms with Crippen LogP contribution >= 0.6 is 11.8 Å². The Hall–Kier alpha value is -1.00. The first-order valence-corrected chi connectivity index (χ1v) is 8.01. The van der Waals surface area contributed by atoms with Gasteiger partial charge in [0, 0.05) is 5.75 Å². The van der Waals surface area contributed by atoms with Gasteiger partial charge in [-0.25, -0.2) is 4.98 Å². The molecule has 0 radical (unpaired) electrons. The van der Waals surface area contributed by atoms with Gasteiger partial charge >= 0.3 is 0 Å². The molecule has 3 nitrogen and oxygen atoms in total. The third-order valence-corrected chi connectivity index (χ3v) is 5.04. The second-order valence-corrected chi connectivity index (χ2v) is 6.53. The van der Waals surface area contributed by atoms with Crippen LogP contribution in [0.4, 0.5) is 0 Å². The first kappa shape index (κ1) is 13.0. The van der Waals surface area contributed by atoms with Crippen LogP contribution in [0.15, 0.2) is 17.3 Å². The van der Waals surface area contributed by atoms with Crippen molar-refractivity contribution in [2.45, 2.75) is 31.8 Å². The van der Waals surface area contributed by atoms with Gasteiger partial charge < -0.3 is 10.3 Å². The van der Waals surface area contributed by atoms with Crippen LogP contribution < -0.4 is 5.32 Å². The van der Waals surface area contributed by atoms with E-state index in [1.807, 2.05) is 11.8 Å². The van der Waals surface area contributed by atoms with E-state index >= 15 is 0 Å². The predicted octanol–water partition coefficient (Wildman–Crippen LogP) is 3.27. The van der Waals surface area contributed by atoms with Crippen molar-refractivity contribution in [1.82, 2.24) is 15.3 Å². The summed E-state index contributed by atoms with van der Waals surface area (Å²) in [6.07, 6.45) is 2.65. The van der Waals surface area contributed by atoms with Crippen molar-refractivity contribution in [3.05, 3.63) is 23.3 Å². The number of hydrogen-bond acceptors (Lipinski definition) is 3. The summed E-state index contributed by atoms with van der Waals surface area (Å²) in [6.45, 7) is 6.63. The SMILES string of the molecule is Cc1cc2nc(SCC3CCCNC3)[nH]c2cc1C. The number of aromatic amines is 1. The number of nitrogens with one attached hydrogen (secondary N) is 2. The summed E-state index contributed by atoms with van der Waals surface area (Å²) < 4.78 is 0. The molecule has 1 unspecified atom stereocenters. The molecule has 2 aromatic rings. The van der Waals surface area contributed by atoms with E-state index in [1.54, 1.807) is 0 Å². The van der Waals surface area contributed by atoms with Gasteiger partial charge in [0.1, 0.15) is 0 Å². The molecule has 2 heterocycles. The second kappa shape index (κ2) is 5.55. The average Bonchev–Trinajstić information content (AvgIpc) is 2.80. The zero-order chi connectivity index (χ0) is 13.2. The Morgan fingerprint density at radius 3 is 2.95 bits per heavy atom. The lowest BCUT2D eigenvalue weighted by Crippen LogP contribution is -2.30. The quantitative estimate of drug-likeness (QED) is 0.845. The number of imidazole rings is 1. The average molecular weight is 275 g/mol. The molecule has 0 bridgehead atoms. The molecule has 0 spiro atoms. The zero-order valence-electron chi connectivity index (χ0n) is 11.6. The van der Waals surface area contributed by atoms with E-state index < -0.39 is 0 Å². The summed E-state index contributed by atoms with van der Waals surface area (Å²) in [5.41, 5.74) is 4.89. The molecule has 1 aromatic carbocycles. The van der Waals surface area contributed by atoms with Crippen molar-refractivity contribution >= 4 is 22.8 Å². The highest BCUT2D eigenvalue weighted by Gasteiger charge is 2.14. The minimum absolute atomic E-state index is 0.787. The standard InChI is InChI=1S/C15H21N3S/c1-10-6-13-14(7-11(10)2)18-15(17-13)19-9-12-4-3-5-16-8-12/h6-7,12,16H,3-5,8-9H2,1-2H3,(H,17,18). The maximum atomic E-state index is 4.69. The molecule has 0 amide bonds. The number of fused-ring (bicyclic) bond motifs is 1. The smallest absolute Gasteiger partial charge is 0.166 e. The van der Waals surface area contributed by atoms with Gasteiger partial charge in [-0.15, -0.1) is 0 Å². The molecule has 102 valence electrons. The molecule has 1 aliphatic heterocycles. The van der Waals surface area contributed by atoms with Crippen LogP contribution in [-0.2, 0) is 0 Å². The van der Waals surface area contributed by atoms with Crippen LogP contribution in [0.3, 0.4) is 0 Å². The number of rotatable bonds is 3. The minimum atomic E-state index is 0.787. The Morgan fingerprint density at radius 2 is 2.16 bits per heavy atom. The van der Waals surface area contributed by atoms with Crippen LogP contribution in [0.25, 0.3) is 11.0 Å². The molecule has 19 heavy (non-hydrogen) atoms. The molecule has 1 aliphatic rings. The molecule has 1 aromatic heterocycles. The van der Waals surface area contributed by atoms with Crippen LogP contribution in [0.2, 0.25) is 0 Å². The lowest BCUT2D eigenvalue weighted by atomic mass is 10.0. The van der Waals surface area contributed by atoms with Gasteiger partial charge in [-0.05, 0) is 69.0 Å². The molecule has 4 heteroatoms. The van der Waals surface area contributed by atoms with Crippen molar-refractivity contribution in [3.63, 3.8) is 0 Å². The van der Waals surface area contributed by atoms with Gasteiger partial charge in [0.2, 0.25) is 0 Å². The first-order chi connectivity index (χ1) is 9.22. The fraction of sp³-hybridized carbons (Fsp3) is 0.533. The lowest BCUT2D eigenvalue weighted by molar-refractivity contribution is 0.410. The highest BCUT2D eigenvalue weighted by molar-refractivity contribution is 7.99. The van der Waals surface area contributed by atoms with E-state index in [9.17, 15) is 0 Å². The largest absolute Gasteiger partial charge is 0.333 e. The third kappa shape index (κ3) is 2.95. The number of aryl methyl sites for hydroxylation is 2. The van der Waals surface area contributed by atoms with Gasteiger partial charge in [-0.2, -0.15) is 0 Å². The van der Waals surface area contributed by atoms with Crippen molar-refractivity contribution in [1.29, 1.82) is 0 Å². The van der Waals surface area contributed by atoms with Crippen molar-refractivity contribution in [2.75, 3.05) is 18.8 Å². The van der Waals surface area contributed by atoms with Crippen LogP contribution in [0, 0.1) is 19.8 Å². The lowest BCUT2D eigenvalue weighted by Gasteiger charge is -2.21. The number of benzene rings is 1. The van der Waals surface area contributed by atoms with Gasteiger partial charge in [-0.3, -0.25) is 0 Å². The summed E-state index contributed by atoms with van der Waals surface area (Å²) in [5, 5.41) is 4.53. The van der Waals surface area contributed by atoms with Crippen molar-refractivity contribution in [2.24, 2.45) is 5.92 Å². The third-order valence-electron chi connectivity index (χ3n) is 3.93. The summed E-state index contributed by atoms with van der Waals surface area (Å²) in [4.78, 5) is 8.12. The maximum Gasteiger partial charge on any atom is 0.166 e. The number of H-pyrrole nitrogens is 1. The molecule has 1 atom stereocenters. The Bertz CT molecular complexity index is 531. The topological polar surface area (TPSA) is 40.7 Å². The van der Waals surface area contributed by atoms with Gasteiger partial charge in [-0.1, -0.05) is 11.8 Å². The van der Waals surface area contributed by atoms with Gasteiger partial charge in [0.15, 0.2) is 5.16 Å². The predicted molar refractivity (Wildman–Crippen MR) is 81.9 cm³/mol. The van der Waals surface area contributed by atoms with E-state index in [0.717, 1.165) is 34.4 Å². The second-order valence-electron chi connectivity index (χ2n) is 5.52. The number of thioether (sulfide) groups is 1. The number of piperidine rings is 1. The molecule has 2 N–H and O–H groups in total. The number of aromatic nitrogens is 2. The Labute approximate surface area is 118 Å². The zero-order valence-corrected chi connectivity index (χ0v) is 12.4. The van der Waals surface area contributed by atoms with Crippen molar-refractivity contribution in [3.8, 4) is 0 Å². The van der Waals surface area contributed by atoms with Crippen molar-refractivity contribution < 1.29 is 0 Å². The molecule has 0 saturated carbocycles. The van der Waals surface area contributed by atoms with Gasteiger partial charge in [0.05, 0.1) is 11.0 Å². The van der Waals surface area contributed by atoms with E-state index in [4.69, 9.17) is 0 Å². The molecule has 1 saturated heterocycles. The fourth-order valence-corrected chi connectivity index (χ4v) is 3.60. The monoisotopic (exact) mass is 275 g/mol. The summed E-state index contributed by atoms with van der Waals surface area (Å²) in [7, 11) is 0. The number of nitrogens with zero attached hydrogens (tertiary/aromatic N) is 1. The van der Waals surface area contributed by atoms with E-state index in [1.165, 1.54) is 30.5 Å². The molecule has 3 rings (SSSR count). The molecular formula is C15H21N3S. The van der Waals surface area contributed by atoms with Crippen LogP contribution in [-0.4, -0.2) is 28.8 Å². The van der Waals surface area contributed by atoms with E-state index in [-0.39, 0.29) is 0 Å². The Morgan fingerprint density at radius 1 is 1.32 bits per heavy atom. The van der Waals surface area contributed by atoms with Crippen LogP contribution in [0.5, 0.6) is 0 Å². The Balaban J connectivity index is 1.70. The summed E-state index contributed by atoms with van der Waals surface area (Å²) in [5.74, 6) is 1.94. The molecule has 1 fully saturated rings.